The Balaban J connectivity index is 1.17. The molecule has 10 heteroatoms. The van der Waals surface area contributed by atoms with Gasteiger partial charge in [0.25, 0.3) is 11.8 Å². The second kappa shape index (κ2) is 9.92. The molecule has 1 fully saturated rings. The van der Waals surface area contributed by atoms with Crippen molar-refractivity contribution in [1.82, 2.24) is 24.9 Å². The van der Waals surface area contributed by atoms with Crippen LogP contribution >= 0.6 is 0 Å². The van der Waals surface area contributed by atoms with Gasteiger partial charge in [0.15, 0.2) is 18.1 Å². The molecular weight excluding hydrogens is 438 g/mol. The number of nitrogens with one attached hydrogen (secondary N) is 1. The molecule has 34 heavy (non-hydrogen) atoms. The second-order valence-electron chi connectivity index (χ2n) is 9.28. The van der Waals surface area contributed by atoms with Crippen LogP contribution in [0.2, 0.25) is 0 Å². The van der Waals surface area contributed by atoms with Crippen molar-refractivity contribution in [2.75, 3.05) is 53.0 Å². The zero-order valence-corrected chi connectivity index (χ0v) is 20.3. The van der Waals surface area contributed by atoms with Crippen molar-refractivity contribution in [1.29, 1.82) is 0 Å². The van der Waals surface area contributed by atoms with Gasteiger partial charge in [0.1, 0.15) is 11.2 Å². The first-order valence-corrected chi connectivity index (χ1v) is 11.6. The average molecular weight is 472 g/mol. The Labute approximate surface area is 199 Å². The van der Waals surface area contributed by atoms with Crippen LogP contribution in [-0.2, 0) is 18.3 Å². The minimum absolute atomic E-state index is 0.0601. The molecule has 184 valence electrons. The maximum Gasteiger partial charge on any atom is 0.261 e. The topological polar surface area (TPSA) is 98.2 Å². The summed E-state index contributed by atoms with van der Waals surface area (Å²) < 4.78 is 18.5. The van der Waals surface area contributed by atoms with Crippen molar-refractivity contribution in [2.24, 2.45) is 7.05 Å². The number of para-hydroxylation sites is 1. The van der Waals surface area contributed by atoms with Gasteiger partial charge in [0.05, 0.1) is 7.11 Å². The summed E-state index contributed by atoms with van der Waals surface area (Å²) in [5.74, 6) is 1.43. The third-order valence-corrected chi connectivity index (χ3v) is 6.04. The number of rotatable bonds is 8. The number of methoxy groups -OCH3 is 1. The average Bonchev–Trinajstić information content (AvgIpc) is 3.35. The highest BCUT2D eigenvalue weighted by molar-refractivity contribution is 5.96. The van der Waals surface area contributed by atoms with Crippen LogP contribution in [0, 0.1) is 0 Å². The van der Waals surface area contributed by atoms with Crippen molar-refractivity contribution in [3.05, 3.63) is 35.5 Å². The van der Waals surface area contributed by atoms with E-state index < -0.39 is 0 Å². The monoisotopic (exact) mass is 471 g/mol. The van der Waals surface area contributed by atoms with Gasteiger partial charge in [-0.05, 0) is 19.9 Å². The zero-order chi connectivity index (χ0) is 24.3. The van der Waals surface area contributed by atoms with Gasteiger partial charge in [0, 0.05) is 64.5 Å². The second-order valence-corrected chi connectivity index (χ2v) is 9.28. The number of hydrogen-bond donors (Lipinski definition) is 1. The molecule has 0 spiro atoms. The normalized spacial score (nSPS) is 17.1. The van der Waals surface area contributed by atoms with Gasteiger partial charge in [-0.25, -0.2) is 0 Å². The molecule has 0 saturated carbocycles. The molecule has 1 saturated heterocycles. The molecule has 1 aromatic carbocycles. The van der Waals surface area contributed by atoms with Crippen LogP contribution in [-0.4, -0.2) is 90.0 Å². The number of piperazine rings is 1. The van der Waals surface area contributed by atoms with Gasteiger partial charge in [-0.2, -0.15) is 0 Å². The first-order valence-electron chi connectivity index (χ1n) is 11.6. The number of ether oxygens (including phenoxy) is 3. The number of fused-ring (bicyclic) bond motifs is 1. The Bertz CT molecular complexity index is 1040. The number of hydrogen-bond acceptors (Lipinski definition) is 7. The lowest BCUT2D eigenvalue weighted by Gasteiger charge is -2.34. The van der Waals surface area contributed by atoms with Gasteiger partial charge in [0.2, 0.25) is 5.88 Å². The van der Waals surface area contributed by atoms with Crippen LogP contribution in [0.3, 0.4) is 0 Å². The highest BCUT2D eigenvalue weighted by Crippen LogP contribution is 2.41. The molecule has 0 atom stereocenters. The molecule has 2 aliphatic rings. The standard InChI is InChI=1S/C24H33N5O5/c1-24(2)14-17-6-5-7-19(21(17)34-24)33-16-20(30)25-8-9-28-10-12-29(13-11-28)23(31)18-15-27(3)26-22(18)32-4/h5-7,15H,8-14,16H2,1-4H3,(H,25,30). The number of carbonyl (C=O) groups is 2. The molecule has 0 aliphatic carbocycles. The van der Waals surface area contributed by atoms with Crippen LogP contribution in [0.5, 0.6) is 17.4 Å². The molecule has 2 aliphatic heterocycles. The van der Waals surface area contributed by atoms with E-state index in [1.807, 2.05) is 36.9 Å². The van der Waals surface area contributed by atoms with Gasteiger partial charge < -0.3 is 24.4 Å². The minimum Gasteiger partial charge on any atom is -0.483 e. The molecule has 0 bridgehead atoms. The third-order valence-electron chi connectivity index (χ3n) is 6.04. The molecule has 0 radical (unpaired) electrons. The van der Waals surface area contributed by atoms with E-state index >= 15 is 0 Å². The molecule has 1 aromatic heterocycles. The van der Waals surface area contributed by atoms with E-state index in [-0.39, 0.29) is 24.0 Å². The summed E-state index contributed by atoms with van der Waals surface area (Å²) in [4.78, 5) is 29.1. The molecule has 0 unspecified atom stereocenters. The largest absolute Gasteiger partial charge is 0.483 e. The smallest absolute Gasteiger partial charge is 0.261 e. The van der Waals surface area contributed by atoms with Crippen LogP contribution in [0.1, 0.15) is 29.8 Å². The number of aryl methyl sites for hydroxylation is 1. The van der Waals surface area contributed by atoms with Crippen molar-refractivity contribution in [3.63, 3.8) is 0 Å². The molecule has 2 aromatic rings. The van der Waals surface area contributed by atoms with Crippen molar-refractivity contribution in [3.8, 4) is 17.4 Å². The molecule has 2 amide bonds. The van der Waals surface area contributed by atoms with Gasteiger partial charge in [-0.15, -0.1) is 5.10 Å². The van der Waals surface area contributed by atoms with E-state index in [1.165, 1.54) is 7.11 Å². The lowest BCUT2D eigenvalue weighted by Crippen LogP contribution is -2.50. The highest BCUT2D eigenvalue weighted by atomic mass is 16.5. The Kier molecular flexibility index (Phi) is 6.97. The van der Waals surface area contributed by atoms with Gasteiger partial charge >= 0.3 is 0 Å². The third kappa shape index (κ3) is 5.44. The SMILES string of the molecule is COc1nn(C)cc1C(=O)N1CCN(CCNC(=O)COc2cccc3c2OC(C)(C)C3)CC1. The highest BCUT2D eigenvalue weighted by Gasteiger charge is 2.32. The van der Waals surface area contributed by atoms with Crippen LogP contribution < -0.4 is 19.5 Å². The lowest BCUT2D eigenvalue weighted by atomic mass is 10.0. The van der Waals surface area contributed by atoms with E-state index in [2.05, 4.69) is 15.3 Å². The summed E-state index contributed by atoms with van der Waals surface area (Å²) in [5, 5.41) is 7.06. The molecule has 10 nitrogen and oxygen atoms in total. The predicted octanol–water partition coefficient (Wildman–Crippen LogP) is 1.10. The van der Waals surface area contributed by atoms with Gasteiger partial charge in [-0.3, -0.25) is 19.2 Å². The molecule has 3 heterocycles. The van der Waals surface area contributed by atoms with Crippen molar-refractivity contribution < 1.29 is 23.8 Å². The first kappa shape index (κ1) is 23.9. The van der Waals surface area contributed by atoms with Gasteiger partial charge in [-0.1, -0.05) is 12.1 Å². The van der Waals surface area contributed by atoms with Crippen molar-refractivity contribution in [2.45, 2.75) is 25.9 Å². The Morgan fingerprint density at radius 2 is 1.97 bits per heavy atom. The fourth-order valence-corrected chi connectivity index (χ4v) is 4.36. The first-order chi connectivity index (χ1) is 16.3. The quantitative estimate of drug-likeness (QED) is 0.616. The number of carbonyl (C=O) groups excluding carboxylic acids is 2. The Hall–Kier alpha value is -3.27. The predicted molar refractivity (Wildman–Crippen MR) is 125 cm³/mol. The van der Waals surface area contributed by atoms with Crippen LogP contribution in [0.15, 0.2) is 24.4 Å². The van der Waals surface area contributed by atoms with E-state index in [0.29, 0.717) is 43.4 Å². The van der Waals surface area contributed by atoms with Crippen LogP contribution in [0.25, 0.3) is 0 Å². The summed E-state index contributed by atoms with van der Waals surface area (Å²) in [7, 11) is 3.27. The summed E-state index contributed by atoms with van der Waals surface area (Å²) in [6.45, 7) is 7.95. The Morgan fingerprint density at radius 3 is 2.71 bits per heavy atom. The zero-order valence-electron chi connectivity index (χ0n) is 20.3. The summed E-state index contributed by atoms with van der Waals surface area (Å²) in [6.07, 6.45) is 2.50. The number of nitrogens with zero attached hydrogens (tertiary/aromatic N) is 4. The summed E-state index contributed by atoms with van der Waals surface area (Å²) in [6, 6.07) is 5.78. The maximum absolute atomic E-state index is 12.8. The number of amides is 2. The van der Waals surface area contributed by atoms with E-state index in [9.17, 15) is 9.59 Å². The molecule has 4 rings (SSSR count). The molecular formula is C24H33N5O5. The summed E-state index contributed by atoms with van der Waals surface area (Å²) in [5.41, 5.74) is 1.31. The maximum atomic E-state index is 12.8. The van der Waals surface area contributed by atoms with Crippen molar-refractivity contribution >= 4 is 11.8 Å². The number of aromatic nitrogens is 2. The molecule has 1 N–H and O–H groups in total. The lowest BCUT2D eigenvalue weighted by molar-refractivity contribution is -0.123. The fraction of sp³-hybridized carbons (Fsp3) is 0.542. The van der Waals surface area contributed by atoms with E-state index in [4.69, 9.17) is 14.2 Å². The van der Waals surface area contributed by atoms with E-state index in [0.717, 1.165) is 30.8 Å². The Morgan fingerprint density at radius 1 is 1.21 bits per heavy atom. The number of benzene rings is 1. The summed E-state index contributed by atoms with van der Waals surface area (Å²) >= 11 is 0. The minimum atomic E-state index is -0.261. The van der Waals surface area contributed by atoms with E-state index in [1.54, 1.807) is 17.9 Å². The fourth-order valence-electron chi connectivity index (χ4n) is 4.36. The van der Waals surface area contributed by atoms with Crippen LogP contribution in [0.4, 0.5) is 0 Å².